The van der Waals surface area contributed by atoms with E-state index in [1.807, 2.05) is 48.5 Å². The van der Waals surface area contributed by atoms with Gasteiger partial charge in [-0.15, -0.1) is 10.2 Å². The molecular weight excluding hydrogens is 308 g/mol. The van der Waals surface area contributed by atoms with E-state index in [-0.39, 0.29) is 5.54 Å². The number of nitrogens with zero attached hydrogens (tertiary/aromatic N) is 2. The number of benzene rings is 2. The predicted molar refractivity (Wildman–Crippen MR) is 105 cm³/mol. The van der Waals surface area contributed by atoms with Gasteiger partial charge in [-0.25, -0.2) is 0 Å². The van der Waals surface area contributed by atoms with Crippen LogP contribution in [0.5, 0.6) is 0 Å². The minimum Gasteiger partial charge on any atom is -0.398 e. The molecule has 25 heavy (non-hydrogen) atoms. The van der Waals surface area contributed by atoms with Crippen LogP contribution in [0, 0.1) is 0 Å². The highest BCUT2D eigenvalue weighted by atomic mass is 15.2. The number of nitrogens with one attached hydrogen (secondary N) is 1. The zero-order chi connectivity index (χ0) is 17.9. The molecule has 1 heterocycles. The maximum absolute atomic E-state index is 5.91. The molecule has 0 saturated heterocycles. The molecule has 0 aliphatic rings. The van der Waals surface area contributed by atoms with Crippen molar-refractivity contribution < 1.29 is 0 Å². The van der Waals surface area contributed by atoms with Gasteiger partial charge in [-0.3, -0.25) is 0 Å². The van der Waals surface area contributed by atoms with Gasteiger partial charge in [0.05, 0.1) is 11.2 Å². The van der Waals surface area contributed by atoms with Crippen molar-refractivity contribution in [1.82, 2.24) is 10.2 Å². The number of rotatable bonds is 5. The molecule has 0 saturated carbocycles. The summed E-state index contributed by atoms with van der Waals surface area (Å²) in [5.41, 5.74) is 10.2. The maximum atomic E-state index is 5.91. The zero-order valence-electron chi connectivity index (χ0n) is 14.5. The Morgan fingerprint density at radius 1 is 1.00 bits per heavy atom. The van der Waals surface area contributed by atoms with E-state index in [1.165, 1.54) is 5.56 Å². The van der Waals surface area contributed by atoms with Gasteiger partial charge in [0.2, 0.25) is 0 Å². The fraction of sp³-hybridized carbons (Fsp3) is 0.143. The second kappa shape index (κ2) is 6.77. The Labute approximate surface area is 148 Å². The van der Waals surface area contributed by atoms with Crippen molar-refractivity contribution in [2.45, 2.75) is 19.4 Å². The fourth-order valence-corrected chi connectivity index (χ4v) is 2.71. The number of hydrogen-bond donors (Lipinski definition) is 2. The molecule has 4 nitrogen and oxygen atoms in total. The van der Waals surface area contributed by atoms with E-state index in [0.29, 0.717) is 5.69 Å². The second-order valence-corrected chi connectivity index (χ2v) is 6.47. The van der Waals surface area contributed by atoms with Gasteiger partial charge in [0.15, 0.2) is 0 Å². The van der Waals surface area contributed by atoms with Crippen LogP contribution < -0.4 is 11.1 Å². The van der Waals surface area contributed by atoms with Gasteiger partial charge in [0.25, 0.3) is 0 Å². The van der Waals surface area contributed by atoms with E-state index in [9.17, 15) is 0 Å². The lowest BCUT2D eigenvalue weighted by molar-refractivity contribution is 0.604. The summed E-state index contributed by atoms with van der Waals surface area (Å²) in [5, 5.41) is 12.1. The van der Waals surface area contributed by atoms with Gasteiger partial charge in [-0.1, -0.05) is 49.1 Å². The summed E-state index contributed by atoms with van der Waals surface area (Å²) in [6.07, 6.45) is 1.74. The first-order valence-electron chi connectivity index (χ1n) is 8.19. The Kier molecular flexibility index (Phi) is 4.52. The van der Waals surface area contributed by atoms with Crippen LogP contribution in [0.15, 0.2) is 67.2 Å². The first-order chi connectivity index (χ1) is 12.0. The lowest BCUT2D eigenvalue weighted by Gasteiger charge is -2.27. The molecule has 1 aromatic heterocycles. The number of hydrogen-bond acceptors (Lipinski definition) is 4. The minimum absolute atomic E-state index is 0.241. The second-order valence-electron chi connectivity index (χ2n) is 6.47. The number of nitrogen functional groups attached to an aromatic ring is 1. The summed E-state index contributed by atoms with van der Waals surface area (Å²) in [4.78, 5) is 0. The van der Waals surface area contributed by atoms with Crippen LogP contribution in [0.25, 0.3) is 17.3 Å². The van der Waals surface area contributed by atoms with Crippen molar-refractivity contribution in [2.24, 2.45) is 0 Å². The molecule has 2 aromatic carbocycles. The molecule has 0 radical (unpaired) electrons. The average molecular weight is 330 g/mol. The lowest BCUT2D eigenvalue weighted by Crippen LogP contribution is -2.28. The first-order valence-corrected chi connectivity index (χ1v) is 8.19. The summed E-state index contributed by atoms with van der Waals surface area (Å²) < 4.78 is 0. The minimum atomic E-state index is -0.241. The highest BCUT2D eigenvalue weighted by Gasteiger charge is 2.20. The van der Waals surface area contributed by atoms with Crippen LogP contribution in [0.4, 0.5) is 11.5 Å². The fourth-order valence-electron chi connectivity index (χ4n) is 2.71. The van der Waals surface area contributed by atoms with E-state index in [0.717, 1.165) is 22.6 Å². The topological polar surface area (TPSA) is 63.8 Å². The Morgan fingerprint density at radius 3 is 2.40 bits per heavy atom. The molecule has 3 N–H and O–H groups in total. The third-order valence-corrected chi connectivity index (χ3v) is 4.20. The molecular formula is C21H22N4. The lowest BCUT2D eigenvalue weighted by atomic mass is 9.94. The van der Waals surface area contributed by atoms with Crippen molar-refractivity contribution in [3.05, 3.63) is 78.4 Å². The van der Waals surface area contributed by atoms with Crippen molar-refractivity contribution >= 4 is 17.6 Å². The van der Waals surface area contributed by atoms with Gasteiger partial charge in [0.1, 0.15) is 5.82 Å². The third kappa shape index (κ3) is 3.69. The largest absolute Gasteiger partial charge is 0.398 e. The standard InChI is InChI=1S/C21H22N4/c1-4-15-14-16(10-11-18(15)22)19-12-13-20(25-24-19)23-21(2,3)17-8-6-5-7-9-17/h4-14H,1,22H2,2-3H3,(H,23,25). The van der Waals surface area contributed by atoms with E-state index in [2.05, 4.69) is 48.1 Å². The van der Waals surface area contributed by atoms with Crippen LogP contribution >= 0.6 is 0 Å². The monoisotopic (exact) mass is 330 g/mol. The first kappa shape index (κ1) is 16.7. The molecule has 126 valence electrons. The molecule has 0 unspecified atom stereocenters. The smallest absolute Gasteiger partial charge is 0.149 e. The van der Waals surface area contributed by atoms with Gasteiger partial charge in [0, 0.05) is 11.3 Å². The molecule has 0 fully saturated rings. The molecule has 0 aliphatic carbocycles. The van der Waals surface area contributed by atoms with Crippen LogP contribution in [0.1, 0.15) is 25.0 Å². The molecule has 3 rings (SSSR count). The van der Waals surface area contributed by atoms with Gasteiger partial charge in [-0.05, 0) is 49.2 Å². The Morgan fingerprint density at radius 2 is 1.76 bits per heavy atom. The van der Waals surface area contributed by atoms with Crippen molar-refractivity contribution in [3.8, 4) is 11.3 Å². The number of nitrogens with two attached hydrogens (primary N) is 1. The molecule has 0 spiro atoms. The highest BCUT2D eigenvalue weighted by molar-refractivity contribution is 5.71. The van der Waals surface area contributed by atoms with E-state index >= 15 is 0 Å². The maximum Gasteiger partial charge on any atom is 0.149 e. The van der Waals surface area contributed by atoms with E-state index < -0.39 is 0 Å². The van der Waals surface area contributed by atoms with E-state index in [1.54, 1.807) is 6.08 Å². The van der Waals surface area contributed by atoms with Gasteiger partial charge in [-0.2, -0.15) is 0 Å². The van der Waals surface area contributed by atoms with Gasteiger partial charge >= 0.3 is 0 Å². The quantitative estimate of drug-likeness (QED) is 0.665. The molecule has 0 bridgehead atoms. The molecule has 0 atom stereocenters. The van der Waals surface area contributed by atoms with Crippen LogP contribution in [0.3, 0.4) is 0 Å². The van der Waals surface area contributed by atoms with Crippen molar-refractivity contribution in [3.63, 3.8) is 0 Å². The third-order valence-electron chi connectivity index (χ3n) is 4.20. The van der Waals surface area contributed by atoms with Crippen molar-refractivity contribution in [2.75, 3.05) is 11.1 Å². The van der Waals surface area contributed by atoms with Crippen LogP contribution in [-0.2, 0) is 5.54 Å². The van der Waals surface area contributed by atoms with Crippen LogP contribution in [0.2, 0.25) is 0 Å². The Hall–Kier alpha value is -3.14. The predicted octanol–water partition coefficient (Wildman–Crippen LogP) is 4.72. The normalized spacial score (nSPS) is 11.1. The SMILES string of the molecule is C=Cc1cc(-c2ccc(NC(C)(C)c3ccccc3)nn2)ccc1N. The number of aromatic nitrogens is 2. The van der Waals surface area contributed by atoms with Crippen molar-refractivity contribution in [1.29, 1.82) is 0 Å². The Bertz CT molecular complexity index is 868. The highest BCUT2D eigenvalue weighted by Crippen LogP contribution is 2.26. The molecule has 0 aliphatic heterocycles. The molecule has 0 amide bonds. The Balaban J connectivity index is 1.82. The molecule has 3 aromatic rings. The van der Waals surface area contributed by atoms with Gasteiger partial charge < -0.3 is 11.1 Å². The summed E-state index contributed by atoms with van der Waals surface area (Å²) >= 11 is 0. The zero-order valence-corrected chi connectivity index (χ0v) is 14.5. The number of anilines is 2. The average Bonchev–Trinajstić information content (AvgIpc) is 2.63. The summed E-state index contributed by atoms with van der Waals surface area (Å²) in [6.45, 7) is 8.02. The summed E-state index contributed by atoms with van der Waals surface area (Å²) in [5.74, 6) is 0.733. The summed E-state index contributed by atoms with van der Waals surface area (Å²) in [7, 11) is 0. The summed E-state index contributed by atoms with van der Waals surface area (Å²) in [6, 6.07) is 19.9. The molecule has 4 heteroatoms. The van der Waals surface area contributed by atoms with Crippen LogP contribution in [-0.4, -0.2) is 10.2 Å². The van der Waals surface area contributed by atoms with E-state index in [4.69, 9.17) is 5.73 Å².